The lowest BCUT2D eigenvalue weighted by molar-refractivity contribution is -0.385. The van der Waals surface area contributed by atoms with Crippen molar-refractivity contribution in [2.75, 3.05) is 0 Å². The zero-order chi connectivity index (χ0) is 9.14. The summed E-state index contributed by atoms with van der Waals surface area (Å²) in [7, 11) is 0. The first-order chi connectivity index (χ1) is 5.65. The van der Waals surface area contributed by atoms with Crippen molar-refractivity contribution < 1.29 is 10.0 Å². The van der Waals surface area contributed by atoms with Gasteiger partial charge in [0.1, 0.15) is 5.69 Å². The Bertz CT molecular complexity index is 336. The van der Waals surface area contributed by atoms with Crippen molar-refractivity contribution >= 4 is 11.4 Å². The van der Waals surface area contributed by atoms with Gasteiger partial charge >= 0.3 is 5.69 Å². The van der Waals surface area contributed by atoms with Crippen molar-refractivity contribution in [3.05, 3.63) is 33.2 Å². The van der Waals surface area contributed by atoms with Crippen LogP contribution in [0.5, 0.6) is 5.75 Å². The molecule has 12 heavy (non-hydrogen) atoms. The first-order valence-corrected chi connectivity index (χ1v) is 2.96. The van der Waals surface area contributed by atoms with Crippen molar-refractivity contribution in [3.8, 4) is 5.75 Å². The second kappa shape index (κ2) is 2.95. The maximum atomic E-state index is 10.2. The van der Waals surface area contributed by atoms with Crippen LogP contribution in [0.15, 0.2) is 23.4 Å². The normalized spacial score (nSPS) is 9.33. The molecule has 0 unspecified atom stereocenters. The second-order valence-electron chi connectivity index (χ2n) is 2.02. The van der Waals surface area contributed by atoms with Crippen LogP contribution in [-0.4, -0.2) is 10.0 Å². The zero-order valence-electron chi connectivity index (χ0n) is 5.80. The Labute approximate surface area is 66.6 Å². The Morgan fingerprint density at radius 3 is 2.67 bits per heavy atom. The molecule has 62 valence electrons. The average molecular weight is 168 g/mol. The minimum Gasteiger partial charge on any atom is -0.502 e. The van der Waals surface area contributed by atoms with Gasteiger partial charge < -0.3 is 5.11 Å². The van der Waals surface area contributed by atoms with E-state index in [1.807, 2.05) is 0 Å². The molecule has 0 saturated heterocycles. The third-order valence-corrected chi connectivity index (χ3v) is 1.26. The predicted molar refractivity (Wildman–Crippen MR) is 40.2 cm³/mol. The number of aromatic hydroxyl groups is 1. The predicted octanol–water partition coefficient (Wildman–Crippen LogP) is 1.70. The van der Waals surface area contributed by atoms with Crippen LogP contribution in [0.4, 0.5) is 11.4 Å². The molecule has 0 aliphatic rings. The van der Waals surface area contributed by atoms with Crippen molar-refractivity contribution in [3.63, 3.8) is 0 Å². The van der Waals surface area contributed by atoms with E-state index in [0.717, 1.165) is 12.1 Å². The molecule has 0 aliphatic heterocycles. The van der Waals surface area contributed by atoms with Gasteiger partial charge in [0.05, 0.1) is 4.92 Å². The number of nitroso groups, excluding NO2 is 1. The summed E-state index contributed by atoms with van der Waals surface area (Å²) in [5.41, 5.74) is -0.605. The first-order valence-electron chi connectivity index (χ1n) is 2.96. The topological polar surface area (TPSA) is 92.8 Å². The lowest BCUT2D eigenvalue weighted by Crippen LogP contribution is -1.87. The maximum Gasteiger partial charge on any atom is 0.312 e. The van der Waals surface area contributed by atoms with E-state index in [2.05, 4.69) is 5.18 Å². The molecule has 0 aliphatic carbocycles. The summed E-state index contributed by atoms with van der Waals surface area (Å²) in [6.07, 6.45) is 0. The van der Waals surface area contributed by atoms with Gasteiger partial charge in [0.2, 0.25) is 0 Å². The minimum atomic E-state index is -0.788. The number of nitrogens with zero attached hydrogens (tertiary/aromatic N) is 2. The summed E-state index contributed by atoms with van der Waals surface area (Å²) in [6, 6.07) is 3.15. The van der Waals surface area contributed by atoms with Gasteiger partial charge in [-0.25, -0.2) is 0 Å². The Morgan fingerprint density at radius 1 is 1.50 bits per heavy atom. The molecular weight excluding hydrogens is 164 g/mol. The SMILES string of the molecule is O=Nc1ccc(O)c([N+](=O)[O-])c1. The number of nitro benzene ring substituents is 1. The number of nitro groups is 1. The monoisotopic (exact) mass is 168 g/mol. The molecule has 0 aromatic heterocycles. The molecule has 1 rings (SSSR count). The number of hydrogen-bond acceptors (Lipinski definition) is 5. The molecule has 0 radical (unpaired) electrons. The molecule has 1 N–H and O–H groups in total. The lowest BCUT2D eigenvalue weighted by atomic mass is 10.2. The summed E-state index contributed by atoms with van der Waals surface area (Å²) in [5, 5.41) is 21.6. The molecule has 0 fully saturated rings. The van der Waals surface area contributed by atoms with Crippen LogP contribution in [0.3, 0.4) is 0 Å². The van der Waals surface area contributed by atoms with E-state index < -0.39 is 16.4 Å². The van der Waals surface area contributed by atoms with E-state index in [1.54, 1.807) is 0 Å². The van der Waals surface area contributed by atoms with Crippen LogP contribution < -0.4 is 0 Å². The molecule has 1 aromatic rings. The van der Waals surface area contributed by atoms with Crippen molar-refractivity contribution in [2.45, 2.75) is 0 Å². The van der Waals surface area contributed by atoms with Crippen LogP contribution in [0.25, 0.3) is 0 Å². The summed E-state index contributed by atoms with van der Waals surface area (Å²) in [4.78, 5) is 19.3. The van der Waals surface area contributed by atoms with Gasteiger partial charge in [-0.2, -0.15) is 0 Å². The van der Waals surface area contributed by atoms with E-state index in [4.69, 9.17) is 5.11 Å². The summed E-state index contributed by atoms with van der Waals surface area (Å²) >= 11 is 0. The van der Waals surface area contributed by atoms with E-state index in [9.17, 15) is 15.0 Å². The van der Waals surface area contributed by atoms with Crippen LogP contribution in [0.2, 0.25) is 0 Å². The Kier molecular flexibility index (Phi) is 2.00. The highest BCUT2D eigenvalue weighted by Gasteiger charge is 2.13. The van der Waals surface area contributed by atoms with Crippen LogP contribution in [-0.2, 0) is 0 Å². The molecular formula is C6H4N2O4. The van der Waals surface area contributed by atoms with Crippen molar-refractivity contribution in [1.82, 2.24) is 0 Å². The highest BCUT2D eigenvalue weighted by Crippen LogP contribution is 2.29. The fraction of sp³-hybridized carbons (Fsp3) is 0. The number of rotatable bonds is 2. The standard InChI is InChI=1S/C6H4N2O4/c9-6-2-1-4(7-10)3-5(6)8(11)12/h1-3,9H. The molecule has 0 spiro atoms. The van der Waals surface area contributed by atoms with Gasteiger partial charge in [-0.1, -0.05) is 0 Å². The minimum absolute atomic E-state index is 0.0838. The van der Waals surface area contributed by atoms with Crippen LogP contribution >= 0.6 is 0 Å². The number of hydrogen-bond donors (Lipinski definition) is 1. The summed E-state index contributed by atoms with van der Waals surface area (Å²) in [6.45, 7) is 0. The smallest absolute Gasteiger partial charge is 0.312 e. The molecule has 0 atom stereocenters. The van der Waals surface area contributed by atoms with E-state index in [-0.39, 0.29) is 5.69 Å². The van der Waals surface area contributed by atoms with Gasteiger partial charge in [-0.3, -0.25) is 10.1 Å². The van der Waals surface area contributed by atoms with Gasteiger partial charge in [0.15, 0.2) is 5.75 Å². The van der Waals surface area contributed by atoms with Gasteiger partial charge in [-0.15, -0.1) is 4.91 Å². The molecule has 1 aromatic carbocycles. The van der Waals surface area contributed by atoms with Crippen LogP contribution in [0.1, 0.15) is 0 Å². The third kappa shape index (κ3) is 1.36. The molecule has 6 heteroatoms. The largest absolute Gasteiger partial charge is 0.502 e. The van der Waals surface area contributed by atoms with Crippen molar-refractivity contribution in [1.29, 1.82) is 0 Å². The van der Waals surface area contributed by atoms with E-state index in [1.165, 1.54) is 6.07 Å². The second-order valence-corrected chi connectivity index (χ2v) is 2.02. The Hall–Kier alpha value is -1.98. The molecule has 0 bridgehead atoms. The fourth-order valence-corrected chi connectivity index (χ4v) is 0.715. The maximum absolute atomic E-state index is 10.2. The quantitative estimate of drug-likeness (QED) is 0.413. The molecule has 0 heterocycles. The van der Waals surface area contributed by atoms with Gasteiger partial charge in [-0.05, 0) is 17.3 Å². The third-order valence-electron chi connectivity index (χ3n) is 1.26. The molecule has 0 saturated carbocycles. The van der Waals surface area contributed by atoms with Gasteiger partial charge in [0.25, 0.3) is 0 Å². The first kappa shape index (κ1) is 8.12. The van der Waals surface area contributed by atoms with E-state index >= 15 is 0 Å². The zero-order valence-corrected chi connectivity index (χ0v) is 5.80. The highest BCUT2D eigenvalue weighted by atomic mass is 16.6. The Morgan fingerprint density at radius 2 is 2.17 bits per heavy atom. The average Bonchev–Trinajstić information content (AvgIpc) is 2.05. The lowest BCUT2D eigenvalue weighted by Gasteiger charge is -1.94. The number of phenolic OH excluding ortho intramolecular Hbond substituents is 1. The highest BCUT2D eigenvalue weighted by molar-refractivity contribution is 5.54. The fourth-order valence-electron chi connectivity index (χ4n) is 0.715. The van der Waals surface area contributed by atoms with Gasteiger partial charge in [0, 0.05) is 6.07 Å². The number of phenols is 1. The summed E-state index contributed by atoms with van der Waals surface area (Å²) < 4.78 is 0. The van der Waals surface area contributed by atoms with Crippen LogP contribution in [0, 0.1) is 15.0 Å². The van der Waals surface area contributed by atoms with Crippen molar-refractivity contribution in [2.24, 2.45) is 5.18 Å². The van der Waals surface area contributed by atoms with E-state index in [0.29, 0.717) is 0 Å². The number of benzene rings is 1. The summed E-state index contributed by atoms with van der Waals surface area (Å²) in [5.74, 6) is -0.479. The molecule has 6 nitrogen and oxygen atoms in total. The molecule has 0 amide bonds. The Balaban J connectivity index is 3.25.